The number of phenols is 1. The zero-order valence-electron chi connectivity index (χ0n) is 35.2. The van der Waals surface area contributed by atoms with E-state index in [1.165, 1.54) is 11.3 Å². The van der Waals surface area contributed by atoms with Gasteiger partial charge in [-0.15, -0.1) is 11.3 Å². The molecule has 1 fully saturated rings. The third-order valence-corrected chi connectivity index (χ3v) is 11.8. The van der Waals surface area contributed by atoms with E-state index in [2.05, 4.69) is 58.2 Å². The van der Waals surface area contributed by atoms with Crippen LogP contribution in [-0.4, -0.2) is 88.9 Å². The van der Waals surface area contributed by atoms with E-state index in [9.17, 15) is 19.5 Å². The summed E-state index contributed by atoms with van der Waals surface area (Å²) in [5.74, 6) is -0.526. The van der Waals surface area contributed by atoms with Gasteiger partial charge in [-0.1, -0.05) is 39.8 Å². The molecule has 59 heavy (non-hydrogen) atoms. The highest BCUT2D eigenvalue weighted by atomic mass is 32.1. The van der Waals surface area contributed by atoms with Gasteiger partial charge < -0.3 is 29.4 Å². The number of likely N-dealkylation sites (N-methyl/N-ethyl adjacent to an activating group) is 1. The summed E-state index contributed by atoms with van der Waals surface area (Å²) in [5, 5.41) is 19.6. The van der Waals surface area contributed by atoms with Crippen molar-refractivity contribution in [2.75, 3.05) is 38.8 Å². The number of anilines is 1. The van der Waals surface area contributed by atoms with Gasteiger partial charge in [-0.05, 0) is 90.3 Å². The molecule has 1 aliphatic heterocycles. The van der Waals surface area contributed by atoms with Crippen LogP contribution in [0.1, 0.15) is 64.2 Å². The number of pyridine rings is 1. The zero-order chi connectivity index (χ0) is 42.3. The molecule has 2 atom stereocenters. The lowest BCUT2D eigenvalue weighted by atomic mass is 9.84. The molecular weight excluding hydrogens is 767 g/mol. The summed E-state index contributed by atoms with van der Waals surface area (Å²) in [5.41, 5.74) is 10.3. The van der Waals surface area contributed by atoms with Crippen LogP contribution in [0.4, 0.5) is 5.13 Å². The molecule has 0 spiro atoms. The number of benzene rings is 2. The van der Waals surface area contributed by atoms with Crippen LogP contribution in [0.25, 0.3) is 33.3 Å². The normalized spacial score (nSPS) is 14.3. The SMILES string of the molecule is CCn1c(-c2cnccc2COC)c(CC(C)(C)COC=O)c2cc(-c3cc(O)cc(CC(NC(=O)C(C(C)C)N(C)c4nccs4)C(=O)N4CCCCN4)c3)ccc21. The fourth-order valence-corrected chi connectivity index (χ4v) is 8.92. The number of fused-ring (bicyclic) bond motifs is 1. The summed E-state index contributed by atoms with van der Waals surface area (Å²) in [6.07, 6.45) is 7.94. The molecular formula is C45H57N7O6S. The Morgan fingerprint density at radius 1 is 1.12 bits per heavy atom. The van der Waals surface area contributed by atoms with Crippen molar-refractivity contribution >= 4 is 45.7 Å². The smallest absolute Gasteiger partial charge is 0.293 e. The van der Waals surface area contributed by atoms with E-state index in [1.807, 2.05) is 55.6 Å². The van der Waals surface area contributed by atoms with Crippen LogP contribution in [-0.2, 0) is 49.9 Å². The first-order valence-corrected chi connectivity index (χ1v) is 21.2. The number of carbonyl (C=O) groups is 3. The molecule has 0 aliphatic carbocycles. The fraction of sp³-hybridized carbons (Fsp3) is 0.444. The molecule has 3 aromatic heterocycles. The van der Waals surface area contributed by atoms with Crippen LogP contribution in [0.15, 0.2) is 66.4 Å². The molecule has 4 heterocycles. The first-order valence-electron chi connectivity index (χ1n) is 20.3. The van der Waals surface area contributed by atoms with Gasteiger partial charge in [0.25, 0.3) is 12.4 Å². The quantitative estimate of drug-likeness (QED) is 0.0810. The van der Waals surface area contributed by atoms with E-state index in [1.54, 1.807) is 36.6 Å². The van der Waals surface area contributed by atoms with Crippen LogP contribution >= 0.6 is 11.3 Å². The Balaban J connectivity index is 1.41. The molecule has 14 heteroatoms. The van der Waals surface area contributed by atoms with E-state index in [-0.39, 0.29) is 36.5 Å². The summed E-state index contributed by atoms with van der Waals surface area (Å²) in [7, 11) is 3.53. The van der Waals surface area contributed by atoms with E-state index < -0.39 is 17.5 Å². The van der Waals surface area contributed by atoms with Crippen molar-refractivity contribution in [1.82, 2.24) is 30.3 Å². The topological polar surface area (TPSA) is 151 Å². The molecule has 0 bridgehead atoms. The number of nitrogens with zero attached hydrogens (tertiary/aromatic N) is 5. The predicted molar refractivity (Wildman–Crippen MR) is 232 cm³/mol. The minimum atomic E-state index is -0.902. The summed E-state index contributed by atoms with van der Waals surface area (Å²) in [6, 6.07) is 12.2. The van der Waals surface area contributed by atoms with Crippen molar-refractivity contribution in [1.29, 1.82) is 0 Å². The maximum absolute atomic E-state index is 14.2. The molecule has 5 aromatic rings. The number of hydrogen-bond donors (Lipinski definition) is 3. The maximum Gasteiger partial charge on any atom is 0.293 e. The first-order chi connectivity index (χ1) is 28.3. The first kappa shape index (κ1) is 43.3. The van der Waals surface area contributed by atoms with Crippen molar-refractivity contribution in [3.63, 3.8) is 0 Å². The van der Waals surface area contributed by atoms with Crippen LogP contribution < -0.4 is 15.6 Å². The molecule has 2 aromatic carbocycles. The molecule has 1 saturated heterocycles. The Morgan fingerprint density at radius 2 is 1.93 bits per heavy atom. The second-order valence-electron chi connectivity index (χ2n) is 16.4. The average Bonchev–Trinajstić information content (AvgIpc) is 3.86. The minimum Gasteiger partial charge on any atom is -0.508 e. The van der Waals surface area contributed by atoms with Gasteiger partial charge in [0.1, 0.15) is 17.8 Å². The molecule has 6 rings (SSSR count). The van der Waals surface area contributed by atoms with Gasteiger partial charge in [0.15, 0.2) is 5.13 Å². The molecule has 0 saturated carbocycles. The molecule has 3 N–H and O–H groups in total. The van der Waals surface area contributed by atoms with E-state index in [4.69, 9.17) is 9.47 Å². The number of aromatic hydroxyl groups is 1. The molecule has 314 valence electrons. The second-order valence-corrected chi connectivity index (χ2v) is 17.3. The zero-order valence-corrected chi connectivity index (χ0v) is 36.0. The highest BCUT2D eigenvalue weighted by Crippen LogP contribution is 2.41. The number of hydrazine groups is 1. The number of phenolic OH excluding ortho intramolecular Hbond substituents is 1. The number of aryl methyl sites for hydroxylation is 1. The molecule has 2 amide bonds. The number of aromatic nitrogens is 3. The van der Waals surface area contributed by atoms with Gasteiger partial charge in [-0.25, -0.2) is 10.4 Å². The molecule has 1 aliphatic rings. The van der Waals surface area contributed by atoms with Gasteiger partial charge >= 0.3 is 0 Å². The van der Waals surface area contributed by atoms with Gasteiger partial charge in [-0.2, -0.15) is 0 Å². The standard InChI is InChI=1S/C45H57N7O6S/c1-8-51-39-12-11-31(23-35(39)36(24-45(4,5)27-58-28-53)41(51)37-25-46-15-13-32(37)26-57-7)33-19-30(20-34(54)22-33)21-38(43(56)52-17-10-9-14-48-52)49-42(55)40(29(2)3)50(6)44-47-16-18-59-44/h11-13,15-16,18-20,22-23,25,28-29,38,40,48,54H,8-10,14,17,21,24,26-27H2,1-7H3,(H,49,55). The Labute approximate surface area is 350 Å². The van der Waals surface area contributed by atoms with Crippen molar-refractivity contribution in [3.05, 3.63) is 83.1 Å². The van der Waals surface area contributed by atoms with Crippen molar-refractivity contribution < 1.29 is 29.0 Å². The summed E-state index contributed by atoms with van der Waals surface area (Å²) in [4.78, 5) is 50.4. The molecule has 13 nitrogen and oxygen atoms in total. The maximum atomic E-state index is 14.2. The van der Waals surface area contributed by atoms with Gasteiger partial charge in [0.2, 0.25) is 5.91 Å². The number of amides is 2. The highest BCUT2D eigenvalue weighted by molar-refractivity contribution is 7.13. The third-order valence-electron chi connectivity index (χ3n) is 10.9. The van der Waals surface area contributed by atoms with Crippen molar-refractivity contribution in [2.45, 2.75) is 85.5 Å². The lowest BCUT2D eigenvalue weighted by molar-refractivity contribution is -0.140. The number of thiazole rings is 1. The van der Waals surface area contributed by atoms with Gasteiger partial charge in [0, 0.05) is 86.1 Å². The van der Waals surface area contributed by atoms with Gasteiger partial charge in [-0.3, -0.25) is 24.4 Å². The number of methoxy groups -OCH3 is 1. The van der Waals surface area contributed by atoms with E-state index >= 15 is 0 Å². The van der Waals surface area contributed by atoms with E-state index in [0.29, 0.717) is 49.8 Å². The van der Waals surface area contributed by atoms with Crippen molar-refractivity contribution in [3.8, 4) is 28.1 Å². The fourth-order valence-electron chi connectivity index (χ4n) is 8.28. The van der Waals surface area contributed by atoms with Crippen LogP contribution in [0.2, 0.25) is 0 Å². The van der Waals surface area contributed by atoms with Crippen LogP contribution in [0, 0.1) is 11.3 Å². The number of hydrogen-bond acceptors (Lipinski definition) is 11. The average molecular weight is 824 g/mol. The largest absolute Gasteiger partial charge is 0.508 e. The number of carbonyl (C=O) groups excluding carboxylic acids is 3. The van der Waals surface area contributed by atoms with Gasteiger partial charge in [0.05, 0.1) is 18.9 Å². The highest BCUT2D eigenvalue weighted by Gasteiger charge is 2.34. The monoisotopic (exact) mass is 823 g/mol. The molecule has 0 radical (unpaired) electrons. The summed E-state index contributed by atoms with van der Waals surface area (Å²) < 4.78 is 13.2. The summed E-state index contributed by atoms with van der Waals surface area (Å²) >= 11 is 1.45. The minimum absolute atomic E-state index is 0.0496. The lowest BCUT2D eigenvalue weighted by Gasteiger charge is -2.34. The van der Waals surface area contributed by atoms with E-state index in [0.717, 1.165) is 57.3 Å². The molecule has 2 unspecified atom stereocenters. The number of ether oxygens (including phenoxy) is 2. The number of nitrogens with one attached hydrogen (secondary N) is 2. The van der Waals surface area contributed by atoms with Crippen LogP contribution in [0.3, 0.4) is 0 Å². The van der Waals surface area contributed by atoms with Crippen LogP contribution in [0.5, 0.6) is 5.75 Å². The number of rotatable bonds is 18. The Kier molecular flexibility index (Phi) is 14.1. The lowest BCUT2D eigenvalue weighted by Crippen LogP contribution is -2.59. The second kappa shape index (κ2) is 19.2. The Hall–Kier alpha value is -5.31. The Morgan fingerprint density at radius 3 is 2.61 bits per heavy atom. The summed E-state index contributed by atoms with van der Waals surface area (Å²) in [6.45, 7) is 13.3. The third kappa shape index (κ3) is 9.94. The van der Waals surface area contributed by atoms with Crippen molar-refractivity contribution in [2.24, 2.45) is 11.3 Å². The predicted octanol–water partition coefficient (Wildman–Crippen LogP) is 6.76. The Bertz CT molecular complexity index is 2230.